The van der Waals surface area contributed by atoms with Crippen molar-refractivity contribution in [2.45, 2.75) is 13.0 Å². The number of carboxylic acid groups (broad SMARTS) is 1. The second kappa shape index (κ2) is 4.93. The maximum atomic E-state index is 13.0. The van der Waals surface area contributed by atoms with Gasteiger partial charge in [-0.25, -0.2) is 9.18 Å². The van der Waals surface area contributed by atoms with Crippen molar-refractivity contribution in [3.63, 3.8) is 0 Å². The van der Waals surface area contributed by atoms with Crippen molar-refractivity contribution in [3.8, 4) is 0 Å². The normalized spacial score (nSPS) is 11.6. The van der Waals surface area contributed by atoms with Gasteiger partial charge in [-0.2, -0.15) is 0 Å². The average molecular weight is 220 g/mol. The summed E-state index contributed by atoms with van der Waals surface area (Å²) in [4.78, 5) is 10.5. The third kappa shape index (κ3) is 2.68. The summed E-state index contributed by atoms with van der Waals surface area (Å²) < 4.78 is 13.0. The van der Waals surface area contributed by atoms with Crippen molar-refractivity contribution in [3.05, 3.63) is 35.1 Å². The highest BCUT2D eigenvalue weighted by Crippen LogP contribution is 2.16. The van der Waals surface area contributed by atoms with Crippen LogP contribution in [0.4, 0.5) is 4.39 Å². The number of aromatic carboxylic acids is 1. The van der Waals surface area contributed by atoms with Crippen molar-refractivity contribution in [1.82, 2.24) is 0 Å². The smallest absolute Gasteiger partial charge is 0.335 e. The lowest BCUT2D eigenvalue weighted by molar-refractivity contribution is 0.0696. The Balaban J connectivity index is 0.00000169. The van der Waals surface area contributed by atoms with Gasteiger partial charge in [0.2, 0.25) is 0 Å². The molecule has 0 aromatic heterocycles. The van der Waals surface area contributed by atoms with Crippen LogP contribution in [0.3, 0.4) is 0 Å². The monoisotopic (exact) mass is 219 g/mol. The van der Waals surface area contributed by atoms with Crippen LogP contribution in [-0.2, 0) is 0 Å². The molecule has 0 saturated carbocycles. The van der Waals surface area contributed by atoms with E-state index in [1.54, 1.807) is 6.92 Å². The van der Waals surface area contributed by atoms with E-state index < -0.39 is 17.8 Å². The fraction of sp³-hybridized carbons (Fsp3) is 0.222. The number of benzene rings is 1. The topological polar surface area (TPSA) is 63.3 Å². The molecule has 0 amide bonds. The fourth-order valence-electron chi connectivity index (χ4n) is 1.03. The molecule has 3 N–H and O–H groups in total. The fourth-order valence-corrected chi connectivity index (χ4v) is 1.03. The second-order valence-electron chi connectivity index (χ2n) is 2.83. The second-order valence-corrected chi connectivity index (χ2v) is 2.83. The van der Waals surface area contributed by atoms with Crippen LogP contribution in [-0.4, -0.2) is 11.1 Å². The number of carbonyl (C=O) groups is 1. The van der Waals surface area contributed by atoms with Crippen molar-refractivity contribution < 1.29 is 14.3 Å². The summed E-state index contributed by atoms with van der Waals surface area (Å²) in [6.07, 6.45) is 0. The molecule has 0 bridgehead atoms. The van der Waals surface area contributed by atoms with Gasteiger partial charge in [0.25, 0.3) is 0 Å². The predicted molar refractivity (Wildman–Crippen MR) is 53.2 cm³/mol. The third-order valence-electron chi connectivity index (χ3n) is 1.73. The minimum atomic E-state index is -1.08. The average Bonchev–Trinajstić information content (AvgIpc) is 2.04. The summed E-state index contributed by atoms with van der Waals surface area (Å²) in [6.45, 7) is 1.60. The highest BCUT2D eigenvalue weighted by atomic mass is 35.5. The molecule has 1 atom stereocenters. The Labute approximate surface area is 87.1 Å². The zero-order chi connectivity index (χ0) is 10.0. The molecule has 0 spiro atoms. The molecule has 0 aliphatic rings. The van der Waals surface area contributed by atoms with Crippen LogP contribution in [0.1, 0.15) is 28.9 Å². The number of halogens is 2. The van der Waals surface area contributed by atoms with Crippen LogP contribution >= 0.6 is 12.4 Å². The van der Waals surface area contributed by atoms with Gasteiger partial charge in [0.05, 0.1) is 5.56 Å². The third-order valence-corrected chi connectivity index (χ3v) is 1.73. The molecule has 0 radical (unpaired) electrons. The summed E-state index contributed by atoms with van der Waals surface area (Å²) in [5.74, 6) is -1.55. The minimum Gasteiger partial charge on any atom is -0.478 e. The zero-order valence-corrected chi connectivity index (χ0v) is 8.34. The van der Waals surface area contributed by atoms with E-state index in [0.717, 1.165) is 6.07 Å². The van der Waals surface area contributed by atoms with E-state index in [2.05, 4.69) is 0 Å². The number of nitrogens with two attached hydrogens (primary N) is 1. The number of hydrogen-bond acceptors (Lipinski definition) is 2. The Morgan fingerprint density at radius 2 is 2.14 bits per heavy atom. The Hall–Kier alpha value is -1.13. The van der Waals surface area contributed by atoms with Crippen LogP contribution in [0, 0.1) is 5.82 Å². The van der Waals surface area contributed by atoms with E-state index in [0.29, 0.717) is 0 Å². The van der Waals surface area contributed by atoms with E-state index in [4.69, 9.17) is 10.8 Å². The quantitative estimate of drug-likeness (QED) is 0.799. The van der Waals surface area contributed by atoms with E-state index >= 15 is 0 Å². The van der Waals surface area contributed by atoms with Crippen LogP contribution in [0.5, 0.6) is 0 Å². The number of carboxylic acids is 1. The van der Waals surface area contributed by atoms with Crippen molar-refractivity contribution >= 4 is 18.4 Å². The van der Waals surface area contributed by atoms with Gasteiger partial charge in [-0.15, -0.1) is 12.4 Å². The van der Waals surface area contributed by atoms with Gasteiger partial charge in [-0.1, -0.05) is 0 Å². The molecular formula is C9H11ClFNO2. The molecular weight excluding hydrogens is 209 g/mol. The Bertz CT molecular complexity index is 342. The van der Waals surface area contributed by atoms with Crippen molar-refractivity contribution in [2.24, 2.45) is 5.73 Å². The Morgan fingerprint density at radius 1 is 1.57 bits per heavy atom. The molecule has 1 aromatic rings. The van der Waals surface area contributed by atoms with Gasteiger partial charge in [0.15, 0.2) is 0 Å². The van der Waals surface area contributed by atoms with E-state index in [1.807, 2.05) is 0 Å². The standard InChI is InChI=1S/C9H10FNO2.ClH/c1-5(11)7-4-6(9(12)13)2-3-8(7)10;/h2-5H,11H2,1H3,(H,12,13);1H/t5-;/m0./s1. The van der Waals surface area contributed by atoms with Gasteiger partial charge in [0.1, 0.15) is 5.82 Å². The van der Waals surface area contributed by atoms with E-state index in [1.165, 1.54) is 12.1 Å². The van der Waals surface area contributed by atoms with Gasteiger partial charge in [-0.3, -0.25) is 0 Å². The molecule has 78 valence electrons. The summed E-state index contributed by atoms with van der Waals surface area (Å²) in [5, 5.41) is 8.62. The first kappa shape index (κ1) is 12.9. The summed E-state index contributed by atoms with van der Waals surface area (Å²) >= 11 is 0. The van der Waals surface area contributed by atoms with Gasteiger partial charge in [0, 0.05) is 11.6 Å². The maximum Gasteiger partial charge on any atom is 0.335 e. The molecule has 0 aliphatic carbocycles. The summed E-state index contributed by atoms with van der Waals surface area (Å²) in [7, 11) is 0. The van der Waals surface area contributed by atoms with Crippen LogP contribution in [0.2, 0.25) is 0 Å². The van der Waals surface area contributed by atoms with Crippen molar-refractivity contribution in [2.75, 3.05) is 0 Å². The first-order valence-corrected chi connectivity index (χ1v) is 3.80. The lowest BCUT2D eigenvalue weighted by Gasteiger charge is -2.07. The van der Waals surface area contributed by atoms with Crippen LogP contribution in [0.25, 0.3) is 0 Å². The molecule has 1 aromatic carbocycles. The molecule has 5 heteroatoms. The summed E-state index contributed by atoms with van der Waals surface area (Å²) in [5.41, 5.74) is 5.72. The Kier molecular flexibility index (Phi) is 4.53. The minimum absolute atomic E-state index is 0. The molecule has 1 rings (SSSR count). The van der Waals surface area contributed by atoms with Crippen molar-refractivity contribution in [1.29, 1.82) is 0 Å². The highest BCUT2D eigenvalue weighted by Gasteiger charge is 2.10. The molecule has 14 heavy (non-hydrogen) atoms. The maximum absolute atomic E-state index is 13.0. The largest absolute Gasteiger partial charge is 0.478 e. The Morgan fingerprint density at radius 3 is 2.57 bits per heavy atom. The molecule has 0 unspecified atom stereocenters. The number of rotatable bonds is 2. The lowest BCUT2D eigenvalue weighted by Crippen LogP contribution is -2.09. The van der Waals surface area contributed by atoms with Gasteiger partial charge in [-0.05, 0) is 25.1 Å². The van der Waals surface area contributed by atoms with Crippen LogP contribution in [0.15, 0.2) is 18.2 Å². The summed E-state index contributed by atoms with van der Waals surface area (Å²) in [6, 6.07) is 3.08. The van der Waals surface area contributed by atoms with Gasteiger partial charge >= 0.3 is 5.97 Å². The molecule has 0 fully saturated rings. The zero-order valence-electron chi connectivity index (χ0n) is 7.53. The number of hydrogen-bond donors (Lipinski definition) is 2. The van der Waals surface area contributed by atoms with E-state index in [-0.39, 0.29) is 23.5 Å². The van der Waals surface area contributed by atoms with Crippen LogP contribution < -0.4 is 5.73 Å². The SMILES string of the molecule is C[C@H](N)c1cc(C(=O)O)ccc1F.Cl. The molecule has 0 heterocycles. The lowest BCUT2D eigenvalue weighted by atomic mass is 10.1. The van der Waals surface area contributed by atoms with E-state index in [9.17, 15) is 9.18 Å². The molecule has 0 aliphatic heterocycles. The first-order chi connectivity index (χ1) is 6.02. The molecule has 0 saturated heterocycles. The predicted octanol–water partition coefficient (Wildman–Crippen LogP) is 1.97. The highest BCUT2D eigenvalue weighted by molar-refractivity contribution is 5.87. The van der Waals surface area contributed by atoms with Gasteiger partial charge < -0.3 is 10.8 Å². The molecule has 3 nitrogen and oxygen atoms in total. The first-order valence-electron chi connectivity index (χ1n) is 3.80.